The molecule has 0 aliphatic rings. The zero-order valence-corrected chi connectivity index (χ0v) is 12.6. The number of thiazole rings is 1. The number of amides is 1. The number of carbonyl (C=O) groups excluding carboxylic acids is 1. The van der Waals surface area contributed by atoms with E-state index in [0.29, 0.717) is 0 Å². The van der Waals surface area contributed by atoms with Crippen LogP contribution in [-0.4, -0.2) is 11.4 Å². The van der Waals surface area contributed by atoms with Crippen molar-refractivity contribution in [2.75, 3.05) is 0 Å². The molecule has 1 aromatic heterocycles. The molecule has 19 heavy (non-hydrogen) atoms. The maximum Gasteiger partial charge on any atom is 0.207 e. The van der Waals surface area contributed by atoms with Gasteiger partial charge in [0, 0.05) is 0 Å². The highest BCUT2D eigenvalue weighted by Crippen LogP contribution is 2.28. The van der Waals surface area contributed by atoms with Crippen molar-refractivity contribution < 1.29 is 4.79 Å². The Hall–Kier alpha value is -1.68. The smallest absolute Gasteiger partial charge is 0.207 e. The zero-order chi connectivity index (χ0) is 14.3. The topological polar surface area (TPSA) is 42.0 Å². The molecule has 0 bridgehead atoms. The van der Waals surface area contributed by atoms with Gasteiger partial charge in [-0.15, -0.1) is 11.3 Å². The summed E-state index contributed by atoms with van der Waals surface area (Å²) in [5, 5.41) is 2.74. The van der Waals surface area contributed by atoms with Crippen LogP contribution in [0.1, 0.15) is 38.1 Å². The molecule has 0 saturated carbocycles. The predicted molar refractivity (Wildman–Crippen MR) is 81.2 cm³/mol. The van der Waals surface area contributed by atoms with Crippen LogP contribution in [0.5, 0.6) is 0 Å². The predicted octanol–water partition coefficient (Wildman–Crippen LogP) is 3.95. The van der Waals surface area contributed by atoms with E-state index in [4.69, 9.17) is 0 Å². The Morgan fingerprint density at radius 3 is 2.37 bits per heavy atom. The van der Waals surface area contributed by atoms with Crippen LogP contribution < -0.4 is 5.32 Å². The molecule has 2 aromatic rings. The summed E-state index contributed by atoms with van der Waals surface area (Å²) in [5.74, 6) is 0. The lowest BCUT2D eigenvalue weighted by Gasteiger charge is -2.10. The first-order valence-corrected chi connectivity index (χ1v) is 7.30. The van der Waals surface area contributed by atoms with Gasteiger partial charge in [-0.3, -0.25) is 4.79 Å². The van der Waals surface area contributed by atoms with Crippen molar-refractivity contribution in [2.45, 2.75) is 33.7 Å². The van der Waals surface area contributed by atoms with Crippen LogP contribution in [-0.2, 0) is 4.79 Å². The van der Waals surface area contributed by atoms with Crippen LogP contribution in [0.3, 0.4) is 0 Å². The molecule has 2 rings (SSSR count). The minimum Gasteiger partial charge on any atom is -0.352 e. The largest absolute Gasteiger partial charge is 0.352 e. The summed E-state index contributed by atoms with van der Waals surface area (Å²) in [6.45, 7) is 7.97. The molecule has 0 aliphatic carbocycles. The number of hydrogen-bond donors (Lipinski definition) is 1. The first kappa shape index (κ1) is 15.4. The number of rotatable bonds is 4. The second-order valence-corrected chi connectivity index (χ2v) is 4.75. The summed E-state index contributed by atoms with van der Waals surface area (Å²) in [5.41, 5.74) is 5.19. The first-order chi connectivity index (χ1) is 9.22. The van der Waals surface area contributed by atoms with Gasteiger partial charge in [0.1, 0.15) is 0 Å². The molecule has 3 nitrogen and oxygen atoms in total. The number of aromatic nitrogens is 1. The molecule has 1 aromatic carbocycles. The Kier molecular flexibility index (Phi) is 6.22. The van der Waals surface area contributed by atoms with Gasteiger partial charge >= 0.3 is 0 Å². The van der Waals surface area contributed by atoms with Gasteiger partial charge in [-0.05, 0) is 25.0 Å². The van der Waals surface area contributed by atoms with Crippen molar-refractivity contribution in [3.8, 4) is 10.4 Å². The first-order valence-electron chi connectivity index (χ1n) is 6.42. The van der Waals surface area contributed by atoms with Crippen molar-refractivity contribution in [2.24, 2.45) is 0 Å². The fourth-order valence-corrected chi connectivity index (χ4v) is 2.51. The third kappa shape index (κ3) is 3.89. The molecule has 1 atom stereocenters. The molecule has 1 heterocycles. The highest BCUT2D eigenvalue weighted by molar-refractivity contribution is 7.13. The van der Waals surface area contributed by atoms with Gasteiger partial charge < -0.3 is 5.32 Å². The Morgan fingerprint density at radius 2 is 1.89 bits per heavy atom. The quantitative estimate of drug-likeness (QED) is 0.859. The average Bonchev–Trinajstić information content (AvgIpc) is 2.88. The van der Waals surface area contributed by atoms with E-state index >= 15 is 0 Å². The van der Waals surface area contributed by atoms with Crippen molar-refractivity contribution in [3.05, 3.63) is 41.0 Å². The van der Waals surface area contributed by atoms with Gasteiger partial charge in [-0.25, -0.2) is 4.98 Å². The highest BCUT2D eigenvalue weighted by Gasteiger charge is 2.07. The highest BCUT2D eigenvalue weighted by atomic mass is 32.1. The van der Waals surface area contributed by atoms with E-state index in [2.05, 4.69) is 22.4 Å². The van der Waals surface area contributed by atoms with Crippen LogP contribution in [0.2, 0.25) is 0 Å². The van der Waals surface area contributed by atoms with Gasteiger partial charge in [0.15, 0.2) is 0 Å². The third-order valence-corrected chi connectivity index (χ3v) is 3.71. The molecule has 1 N–H and O–H groups in total. The van der Waals surface area contributed by atoms with Crippen LogP contribution in [0.25, 0.3) is 10.4 Å². The van der Waals surface area contributed by atoms with Crippen molar-refractivity contribution in [1.82, 2.24) is 10.3 Å². The van der Waals surface area contributed by atoms with Crippen molar-refractivity contribution >= 4 is 17.7 Å². The summed E-state index contributed by atoms with van der Waals surface area (Å²) in [7, 11) is 0. The standard InChI is InChI=1S/C13H14N2OS.C2H6/c1-9(14-7-16)11-3-5-12(6-4-11)13-10(2)15-8-17-13;1-2/h3-9H,1-2H3,(H,14,16);1-2H3/t9-;/m1./s1. The van der Waals surface area contributed by atoms with E-state index < -0.39 is 0 Å². The summed E-state index contributed by atoms with van der Waals surface area (Å²) >= 11 is 1.64. The number of benzene rings is 1. The van der Waals surface area contributed by atoms with E-state index in [9.17, 15) is 4.79 Å². The molecule has 0 radical (unpaired) electrons. The van der Waals surface area contributed by atoms with E-state index in [1.165, 1.54) is 10.4 Å². The summed E-state index contributed by atoms with van der Waals surface area (Å²) in [4.78, 5) is 15.8. The molecule has 0 aliphatic heterocycles. The summed E-state index contributed by atoms with van der Waals surface area (Å²) < 4.78 is 0. The maximum atomic E-state index is 10.4. The Labute approximate surface area is 118 Å². The molecule has 0 unspecified atom stereocenters. The zero-order valence-electron chi connectivity index (χ0n) is 11.8. The fraction of sp³-hybridized carbons (Fsp3) is 0.333. The molecular weight excluding hydrogens is 256 g/mol. The second-order valence-electron chi connectivity index (χ2n) is 3.90. The monoisotopic (exact) mass is 276 g/mol. The van der Waals surface area contributed by atoms with E-state index in [-0.39, 0.29) is 6.04 Å². The number of nitrogens with zero attached hydrogens (tertiary/aromatic N) is 1. The summed E-state index contributed by atoms with van der Waals surface area (Å²) in [6, 6.07) is 8.26. The van der Waals surface area contributed by atoms with Gasteiger partial charge in [-0.2, -0.15) is 0 Å². The van der Waals surface area contributed by atoms with Gasteiger partial charge in [0.2, 0.25) is 6.41 Å². The van der Waals surface area contributed by atoms with Crippen LogP contribution in [0.15, 0.2) is 29.8 Å². The molecule has 0 fully saturated rings. The van der Waals surface area contributed by atoms with E-state index in [0.717, 1.165) is 17.7 Å². The normalized spacial score (nSPS) is 11.2. The summed E-state index contributed by atoms with van der Waals surface area (Å²) in [6.07, 6.45) is 0.728. The second kappa shape index (κ2) is 7.69. The molecule has 0 saturated heterocycles. The average molecular weight is 276 g/mol. The van der Waals surface area contributed by atoms with E-state index in [1.54, 1.807) is 11.3 Å². The molecule has 102 valence electrons. The Balaban J connectivity index is 0.000000861. The number of carbonyl (C=O) groups is 1. The van der Waals surface area contributed by atoms with Crippen molar-refractivity contribution in [1.29, 1.82) is 0 Å². The van der Waals surface area contributed by atoms with E-state index in [1.807, 2.05) is 45.3 Å². The van der Waals surface area contributed by atoms with Crippen LogP contribution >= 0.6 is 11.3 Å². The molecule has 0 spiro atoms. The fourth-order valence-electron chi connectivity index (χ4n) is 1.70. The lowest BCUT2D eigenvalue weighted by molar-refractivity contribution is -0.110. The maximum absolute atomic E-state index is 10.4. The lowest BCUT2D eigenvalue weighted by atomic mass is 10.1. The van der Waals surface area contributed by atoms with Crippen LogP contribution in [0, 0.1) is 6.92 Å². The molecule has 4 heteroatoms. The van der Waals surface area contributed by atoms with Crippen LogP contribution in [0.4, 0.5) is 0 Å². The number of nitrogens with one attached hydrogen (secondary N) is 1. The van der Waals surface area contributed by atoms with Gasteiger partial charge in [-0.1, -0.05) is 38.1 Å². The third-order valence-electron chi connectivity index (χ3n) is 2.74. The van der Waals surface area contributed by atoms with Gasteiger partial charge in [0.25, 0.3) is 0 Å². The molecular formula is C15H20N2OS. The minimum atomic E-state index is 0.0455. The van der Waals surface area contributed by atoms with Crippen molar-refractivity contribution in [3.63, 3.8) is 0 Å². The SMILES string of the molecule is CC.Cc1ncsc1-c1ccc([C@@H](C)NC=O)cc1. The number of hydrogen-bond acceptors (Lipinski definition) is 3. The number of aryl methyl sites for hydroxylation is 1. The minimum absolute atomic E-state index is 0.0455. The lowest BCUT2D eigenvalue weighted by Crippen LogP contribution is -2.15. The van der Waals surface area contributed by atoms with Gasteiger partial charge in [0.05, 0.1) is 22.1 Å². The molecule has 1 amide bonds. The Bertz CT molecular complexity index is 505. The Morgan fingerprint density at radius 1 is 1.26 bits per heavy atom.